The normalized spacial score (nSPS) is 10.2. The predicted molar refractivity (Wildman–Crippen MR) is 79.9 cm³/mol. The van der Waals surface area contributed by atoms with Crippen molar-refractivity contribution in [3.8, 4) is 11.3 Å². The third-order valence-corrected chi connectivity index (χ3v) is 3.47. The molecule has 3 aromatic rings. The molecule has 0 aliphatic carbocycles. The second-order valence-electron chi connectivity index (χ2n) is 4.08. The number of pyridine rings is 1. The maximum Gasteiger partial charge on any atom is 0.233 e. The number of thiazole rings is 1. The van der Waals surface area contributed by atoms with E-state index in [4.69, 9.17) is 0 Å². The van der Waals surface area contributed by atoms with E-state index < -0.39 is 0 Å². The SMILES string of the molecule is O=[C]c1ccc(-c2csc(Nc3cccnc3)n2)cc1. The Kier molecular flexibility index (Phi) is 3.52. The minimum absolute atomic E-state index is 0.540. The van der Waals surface area contributed by atoms with Crippen LogP contribution in [0.2, 0.25) is 0 Å². The number of anilines is 2. The lowest BCUT2D eigenvalue weighted by Crippen LogP contribution is -1.89. The van der Waals surface area contributed by atoms with Gasteiger partial charge in [0.25, 0.3) is 0 Å². The Labute approximate surface area is 120 Å². The zero-order valence-electron chi connectivity index (χ0n) is 10.4. The van der Waals surface area contributed by atoms with Gasteiger partial charge < -0.3 is 5.32 Å². The summed E-state index contributed by atoms with van der Waals surface area (Å²) in [4.78, 5) is 19.1. The second kappa shape index (κ2) is 5.63. The highest BCUT2D eigenvalue weighted by atomic mass is 32.1. The zero-order valence-corrected chi connectivity index (χ0v) is 11.2. The summed E-state index contributed by atoms with van der Waals surface area (Å²) in [6.45, 7) is 0. The number of nitrogens with zero attached hydrogens (tertiary/aromatic N) is 2. The third kappa shape index (κ3) is 2.73. The Morgan fingerprint density at radius 3 is 2.70 bits per heavy atom. The summed E-state index contributed by atoms with van der Waals surface area (Å²) < 4.78 is 0. The van der Waals surface area contributed by atoms with Crippen LogP contribution >= 0.6 is 11.3 Å². The van der Waals surface area contributed by atoms with Gasteiger partial charge in [0.15, 0.2) is 5.13 Å². The number of hydrogen-bond acceptors (Lipinski definition) is 5. The molecule has 0 saturated heterocycles. The monoisotopic (exact) mass is 280 g/mol. The first kappa shape index (κ1) is 12.5. The molecule has 2 aromatic heterocycles. The van der Waals surface area contributed by atoms with Crippen molar-refractivity contribution in [3.63, 3.8) is 0 Å². The maximum absolute atomic E-state index is 10.5. The quantitative estimate of drug-likeness (QED) is 0.795. The van der Waals surface area contributed by atoms with E-state index in [0.717, 1.165) is 22.1 Å². The van der Waals surface area contributed by atoms with Crippen molar-refractivity contribution in [2.45, 2.75) is 0 Å². The van der Waals surface area contributed by atoms with Crippen LogP contribution in [0, 0.1) is 0 Å². The molecule has 0 amide bonds. The molecular weight excluding hydrogens is 270 g/mol. The fraction of sp³-hybridized carbons (Fsp3) is 0. The highest BCUT2D eigenvalue weighted by molar-refractivity contribution is 7.14. The third-order valence-electron chi connectivity index (χ3n) is 2.72. The van der Waals surface area contributed by atoms with Gasteiger partial charge in [0.2, 0.25) is 6.29 Å². The van der Waals surface area contributed by atoms with Crippen molar-refractivity contribution in [1.29, 1.82) is 0 Å². The van der Waals surface area contributed by atoms with Gasteiger partial charge in [-0.1, -0.05) is 24.3 Å². The van der Waals surface area contributed by atoms with Gasteiger partial charge in [-0.2, -0.15) is 0 Å². The summed E-state index contributed by atoms with van der Waals surface area (Å²) >= 11 is 1.52. The summed E-state index contributed by atoms with van der Waals surface area (Å²) in [5, 5.41) is 5.97. The summed E-state index contributed by atoms with van der Waals surface area (Å²) in [6, 6.07) is 11.0. The molecule has 0 saturated carbocycles. The van der Waals surface area contributed by atoms with Crippen LogP contribution in [0.1, 0.15) is 5.56 Å². The van der Waals surface area contributed by atoms with Crippen LogP contribution in [-0.4, -0.2) is 16.3 Å². The van der Waals surface area contributed by atoms with Gasteiger partial charge in [-0.05, 0) is 12.1 Å². The number of benzene rings is 1. The highest BCUT2D eigenvalue weighted by Gasteiger charge is 2.05. The lowest BCUT2D eigenvalue weighted by molar-refractivity contribution is 0.563. The van der Waals surface area contributed by atoms with E-state index in [1.54, 1.807) is 24.5 Å². The van der Waals surface area contributed by atoms with E-state index in [-0.39, 0.29) is 0 Å². The van der Waals surface area contributed by atoms with E-state index in [9.17, 15) is 4.79 Å². The van der Waals surface area contributed by atoms with Crippen LogP contribution < -0.4 is 5.32 Å². The molecule has 1 N–H and O–H groups in total. The molecule has 0 unspecified atom stereocenters. The van der Waals surface area contributed by atoms with E-state index in [2.05, 4.69) is 15.3 Å². The summed E-state index contributed by atoms with van der Waals surface area (Å²) in [6.07, 6.45) is 5.33. The maximum atomic E-state index is 10.5. The Morgan fingerprint density at radius 2 is 2.00 bits per heavy atom. The van der Waals surface area contributed by atoms with Crippen molar-refractivity contribution in [2.24, 2.45) is 0 Å². The van der Waals surface area contributed by atoms with E-state index in [0.29, 0.717) is 5.56 Å². The molecule has 3 rings (SSSR count). The number of carbonyl (C=O) groups excluding carboxylic acids is 1. The average Bonchev–Trinajstić information content (AvgIpc) is 2.97. The topological polar surface area (TPSA) is 54.9 Å². The van der Waals surface area contributed by atoms with Gasteiger partial charge in [0.05, 0.1) is 17.6 Å². The van der Waals surface area contributed by atoms with Crippen molar-refractivity contribution in [1.82, 2.24) is 9.97 Å². The van der Waals surface area contributed by atoms with E-state index in [1.807, 2.05) is 35.9 Å². The summed E-state index contributed by atoms with van der Waals surface area (Å²) in [7, 11) is 0. The second-order valence-corrected chi connectivity index (χ2v) is 4.94. The number of hydrogen-bond donors (Lipinski definition) is 1. The fourth-order valence-electron chi connectivity index (χ4n) is 1.73. The van der Waals surface area contributed by atoms with Crippen molar-refractivity contribution in [3.05, 3.63) is 59.7 Å². The molecule has 0 bridgehead atoms. The van der Waals surface area contributed by atoms with Gasteiger partial charge in [0.1, 0.15) is 0 Å². The zero-order chi connectivity index (χ0) is 13.8. The van der Waals surface area contributed by atoms with Crippen molar-refractivity contribution in [2.75, 3.05) is 5.32 Å². The van der Waals surface area contributed by atoms with Crippen molar-refractivity contribution < 1.29 is 4.79 Å². The molecule has 4 nitrogen and oxygen atoms in total. The molecule has 20 heavy (non-hydrogen) atoms. The van der Waals surface area contributed by atoms with Crippen LogP contribution in [0.5, 0.6) is 0 Å². The molecule has 97 valence electrons. The Morgan fingerprint density at radius 1 is 1.15 bits per heavy atom. The Balaban J connectivity index is 1.80. The first-order valence-corrected chi connectivity index (χ1v) is 6.84. The standard InChI is InChI=1S/C15H10N3OS/c19-9-11-3-5-12(6-4-11)14-10-20-15(18-14)17-13-2-1-7-16-8-13/h1-8,10H,(H,17,18). The molecule has 0 aliphatic heterocycles. The average molecular weight is 280 g/mol. The summed E-state index contributed by atoms with van der Waals surface area (Å²) in [5.41, 5.74) is 3.29. The lowest BCUT2D eigenvalue weighted by atomic mass is 10.1. The molecule has 5 heteroatoms. The largest absolute Gasteiger partial charge is 0.330 e. The van der Waals surface area contributed by atoms with Gasteiger partial charge in [-0.3, -0.25) is 9.78 Å². The van der Waals surface area contributed by atoms with Gasteiger partial charge in [-0.25, -0.2) is 4.98 Å². The number of nitrogens with one attached hydrogen (secondary N) is 1. The predicted octanol–water partition coefficient (Wildman–Crippen LogP) is 3.41. The molecule has 0 spiro atoms. The van der Waals surface area contributed by atoms with Crippen LogP contribution in [0.4, 0.5) is 10.8 Å². The van der Waals surface area contributed by atoms with Crippen molar-refractivity contribution >= 4 is 28.4 Å². The van der Waals surface area contributed by atoms with E-state index in [1.165, 1.54) is 11.3 Å². The molecule has 2 heterocycles. The van der Waals surface area contributed by atoms with Crippen LogP contribution in [0.15, 0.2) is 54.2 Å². The Hall–Kier alpha value is -2.53. The number of aromatic nitrogens is 2. The highest BCUT2D eigenvalue weighted by Crippen LogP contribution is 2.26. The molecule has 0 aliphatic rings. The Bertz CT molecular complexity index is 707. The first-order chi connectivity index (χ1) is 9.85. The molecule has 0 atom stereocenters. The lowest BCUT2D eigenvalue weighted by Gasteiger charge is -2.00. The molecule has 0 fully saturated rings. The van der Waals surface area contributed by atoms with Crippen LogP contribution in [0.3, 0.4) is 0 Å². The van der Waals surface area contributed by atoms with Crippen LogP contribution in [-0.2, 0) is 4.79 Å². The van der Waals surface area contributed by atoms with Gasteiger partial charge >= 0.3 is 0 Å². The minimum Gasteiger partial charge on any atom is -0.330 e. The smallest absolute Gasteiger partial charge is 0.233 e. The van der Waals surface area contributed by atoms with Gasteiger partial charge in [-0.15, -0.1) is 11.3 Å². The number of rotatable bonds is 4. The van der Waals surface area contributed by atoms with Crippen LogP contribution in [0.25, 0.3) is 11.3 Å². The molecular formula is C15H10N3OS. The minimum atomic E-state index is 0.540. The van der Waals surface area contributed by atoms with Gasteiger partial charge in [0, 0.05) is 22.7 Å². The summed E-state index contributed by atoms with van der Waals surface area (Å²) in [5.74, 6) is 0. The van der Waals surface area contributed by atoms with E-state index >= 15 is 0 Å². The first-order valence-electron chi connectivity index (χ1n) is 5.96. The molecule has 1 radical (unpaired) electrons. The molecule has 1 aromatic carbocycles. The fourth-order valence-corrected chi connectivity index (χ4v) is 2.47.